The maximum absolute atomic E-state index is 14.0. The van der Waals surface area contributed by atoms with Crippen LogP contribution in [0.3, 0.4) is 0 Å². The molecule has 3 saturated heterocycles. The van der Waals surface area contributed by atoms with Gasteiger partial charge >= 0.3 is 0 Å². The molecular formula is C28H33N5O5S. The van der Waals surface area contributed by atoms with Crippen molar-refractivity contribution in [3.63, 3.8) is 0 Å². The van der Waals surface area contributed by atoms with Gasteiger partial charge in [-0.1, -0.05) is 26.0 Å². The van der Waals surface area contributed by atoms with Crippen molar-refractivity contribution < 1.29 is 24.0 Å². The van der Waals surface area contributed by atoms with E-state index in [1.54, 1.807) is 16.8 Å². The smallest absolute Gasteiger partial charge is 0.243 e. The minimum Gasteiger partial charge on any atom is -0.356 e. The molecule has 206 valence electrons. The number of carbonyl (C=O) groups excluding carboxylic acids is 5. The zero-order valence-corrected chi connectivity index (χ0v) is 23.1. The summed E-state index contributed by atoms with van der Waals surface area (Å²) in [7, 11) is 1.68. The predicted molar refractivity (Wildman–Crippen MR) is 144 cm³/mol. The number of hydrogen-bond donors (Lipinski definition) is 2. The number of thiazole rings is 1. The third-order valence-corrected chi connectivity index (χ3v) is 10.3. The highest BCUT2D eigenvalue weighted by Gasteiger charge is 2.69. The first-order valence-corrected chi connectivity index (χ1v) is 14.4. The van der Waals surface area contributed by atoms with Crippen molar-refractivity contribution >= 4 is 51.0 Å². The number of carbonyl (C=O) groups is 5. The molecule has 11 heteroatoms. The molecule has 0 bridgehead atoms. The molecule has 1 saturated carbocycles. The summed E-state index contributed by atoms with van der Waals surface area (Å²) in [6.07, 6.45) is 0.911. The maximum Gasteiger partial charge on any atom is 0.243 e. The van der Waals surface area contributed by atoms with Gasteiger partial charge in [0.1, 0.15) is 6.04 Å². The van der Waals surface area contributed by atoms with E-state index in [2.05, 4.69) is 29.5 Å². The fourth-order valence-corrected chi connectivity index (χ4v) is 7.81. The van der Waals surface area contributed by atoms with E-state index in [0.29, 0.717) is 31.6 Å². The highest BCUT2D eigenvalue weighted by atomic mass is 32.1. The molecule has 2 N–H and O–H groups in total. The Morgan fingerprint density at radius 3 is 2.64 bits per heavy atom. The van der Waals surface area contributed by atoms with Crippen LogP contribution in [-0.2, 0) is 19.2 Å². The summed E-state index contributed by atoms with van der Waals surface area (Å²) in [5.41, 5.74) is 0.611. The fraction of sp³-hybridized carbons (Fsp3) is 0.571. The van der Waals surface area contributed by atoms with Gasteiger partial charge in [0.2, 0.25) is 29.4 Å². The number of amides is 4. The first kappa shape index (κ1) is 25.9. The predicted octanol–water partition coefficient (Wildman–Crippen LogP) is 1.45. The molecule has 6 atom stereocenters. The molecular weight excluding hydrogens is 518 g/mol. The van der Waals surface area contributed by atoms with Crippen molar-refractivity contribution in [3.8, 4) is 0 Å². The van der Waals surface area contributed by atoms with Gasteiger partial charge in [-0.25, -0.2) is 4.98 Å². The van der Waals surface area contributed by atoms with Crippen LogP contribution in [0, 0.1) is 29.1 Å². The van der Waals surface area contributed by atoms with Gasteiger partial charge in [0.15, 0.2) is 5.01 Å². The van der Waals surface area contributed by atoms with Crippen molar-refractivity contribution in [3.05, 3.63) is 29.3 Å². The van der Waals surface area contributed by atoms with Crippen LogP contribution in [0.15, 0.2) is 24.3 Å². The lowest BCUT2D eigenvalue weighted by Crippen LogP contribution is -2.55. The molecule has 0 unspecified atom stereocenters. The standard InChI is InChI=1S/C28H33N5O5S/c1-28(2)16-13-33(27(38)15-11-20(34)32(3)12-15)22(21(16)28)25(37)30-18(10-14-8-9-29-24(14)36)23(35)26-31-17-6-4-5-7-19(17)39-26/h4-7,14-16,18,21-22H,8-13H2,1-3H3,(H,29,36)(H,30,37)/t14-,15+,16-,18-,21-,22-/m0/s1. The number of nitrogens with zero attached hydrogens (tertiary/aromatic N) is 3. The summed E-state index contributed by atoms with van der Waals surface area (Å²) in [5, 5.41) is 6.06. The number of rotatable bonds is 7. The highest BCUT2D eigenvalue weighted by Crippen LogP contribution is 2.65. The Hall–Kier alpha value is -3.34. The second-order valence-electron chi connectivity index (χ2n) is 12.0. The highest BCUT2D eigenvalue weighted by molar-refractivity contribution is 7.20. The average molecular weight is 552 g/mol. The Bertz CT molecular complexity index is 1350. The average Bonchev–Trinajstić information content (AvgIpc) is 3.51. The van der Waals surface area contributed by atoms with Gasteiger partial charge in [0.25, 0.3) is 0 Å². The molecule has 6 rings (SSSR count). The monoisotopic (exact) mass is 551 g/mol. The Balaban J connectivity index is 1.26. The summed E-state index contributed by atoms with van der Waals surface area (Å²) in [4.78, 5) is 73.4. The van der Waals surface area contributed by atoms with E-state index < -0.39 is 18.0 Å². The third kappa shape index (κ3) is 4.40. The molecule has 4 heterocycles. The number of Topliss-reactive ketones (excluding diaryl/α,β-unsaturated/α-hetero) is 1. The van der Waals surface area contributed by atoms with Gasteiger partial charge in [0.05, 0.1) is 22.2 Å². The first-order chi connectivity index (χ1) is 18.6. The molecule has 4 amide bonds. The van der Waals surface area contributed by atoms with Crippen molar-refractivity contribution in [2.75, 3.05) is 26.7 Å². The Morgan fingerprint density at radius 1 is 1.21 bits per heavy atom. The van der Waals surface area contributed by atoms with Gasteiger partial charge in [-0.3, -0.25) is 24.0 Å². The van der Waals surface area contributed by atoms with Gasteiger partial charge in [-0.15, -0.1) is 11.3 Å². The van der Waals surface area contributed by atoms with Crippen LogP contribution in [-0.4, -0.2) is 83.0 Å². The zero-order valence-electron chi connectivity index (χ0n) is 22.3. The molecule has 4 aliphatic rings. The summed E-state index contributed by atoms with van der Waals surface area (Å²) in [5.74, 6) is -1.78. The molecule has 10 nitrogen and oxygen atoms in total. The van der Waals surface area contributed by atoms with Crippen LogP contribution in [0.1, 0.15) is 42.9 Å². The minimum atomic E-state index is -0.941. The first-order valence-electron chi connectivity index (χ1n) is 13.6. The largest absolute Gasteiger partial charge is 0.356 e. The molecule has 1 aromatic carbocycles. The summed E-state index contributed by atoms with van der Waals surface area (Å²) in [6, 6.07) is 5.80. The molecule has 0 radical (unpaired) electrons. The quantitative estimate of drug-likeness (QED) is 0.502. The van der Waals surface area contributed by atoms with Crippen molar-refractivity contribution in [1.82, 2.24) is 25.4 Å². The number of benzene rings is 1. The Kier molecular flexibility index (Phi) is 6.24. The summed E-state index contributed by atoms with van der Waals surface area (Å²) >= 11 is 1.27. The van der Waals surface area contributed by atoms with Gasteiger partial charge in [0, 0.05) is 39.0 Å². The number of piperidine rings is 1. The molecule has 0 spiro atoms. The second-order valence-corrected chi connectivity index (χ2v) is 13.0. The summed E-state index contributed by atoms with van der Waals surface area (Å²) < 4.78 is 0.871. The van der Waals surface area contributed by atoms with E-state index in [1.807, 2.05) is 24.3 Å². The second kappa shape index (κ2) is 9.39. The fourth-order valence-electron chi connectivity index (χ4n) is 6.85. The van der Waals surface area contributed by atoms with Gasteiger partial charge < -0.3 is 20.4 Å². The van der Waals surface area contributed by atoms with Gasteiger partial charge in [-0.2, -0.15) is 0 Å². The molecule has 1 aliphatic carbocycles. The van der Waals surface area contributed by atoms with E-state index in [0.717, 1.165) is 4.70 Å². The lowest BCUT2D eigenvalue weighted by molar-refractivity contribution is -0.143. The van der Waals surface area contributed by atoms with Crippen LogP contribution in [0.2, 0.25) is 0 Å². The molecule has 3 aliphatic heterocycles. The van der Waals surface area contributed by atoms with E-state index in [1.165, 1.54) is 11.3 Å². The van der Waals surface area contributed by atoms with E-state index in [9.17, 15) is 24.0 Å². The number of nitrogens with one attached hydrogen (secondary N) is 2. The minimum absolute atomic E-state index is 0.0238. The van der Waals surface area contributed by atoms with Crippen molar-refractivity contribution in [2.45, 2.75) is 45.2 Å². The van der Waals surface area contributed by atoms with Crippen LogP contribution in [0.5, 0.6) is 0 Å². The molecule has 39 heavy (non-hydrogen) atoms. The van der Waals surface area contributed by atoms with E-state index >= 15 is 0 Å². The van der Waals surface area contributed by atoms with E-state index in [4.69, 9.17) is 0 Å². The number of aromatic nitrogens is 1. The maximum atomic E-state index is 14.0. The van der Waals surface area contributed by atoms with Crippen LogP contribution in [0.4, 0.5) is 0 Å². The zero-order chi connectivity index (χ0) is 27.6. The third-order valence-electron chi connectivity index (χ3n) is 9.27. The lowest BCUT2D eigenvalue weighted by atomic mass is 9.94. The normalized spacial score (nSPS) is 29.9. The number of hydrogen-bond acceptors (Lipinski definition) is 7. The van der Waals surface area contributed by atoms with Gasteiger partial charge in [-0.05, 0) is 42.2 Å². The number of likely N-dealkylation sites (tertiary alicyclic amines) is 2. The number of fused-ring (bicyclic) bond motifs is 2. The van der Waals surface area contributed by atoms with Crippen LogP contribution in [0.25, 0.3) is 10.2 Å². The number of ketones is 1. The van der Waals surface area contributed by atoms with Crippen molar-refractivity contribution in [1.29, 1.82) is 0 Å². The Morgan fingerprint density at radius 2 is 1.97 bits per heavy atom. The molecule has 1 aromatic heterocycles. The summed E-state index contributed by atoms with van der Waals surface area (Å²) in [6.45, 7) is 5.55. The topological polar surface area (TPSA) is 129 Å². The SMILES string of the molecule is CN1C[C@H](C(=O)N2C[C@H]3[C@@H]([C@H]2C(=O)N[C@@H](C[C@@H]2CCNC2=O)C(=O)c2nc4ccccc4s2)C3(C)C)CC1=O. The lowest BCUT2D eigenvalue weighted by Gasteiger charge is -2.33. The Labute approximate surface area is 230 Å². The molecule has 2 aromatic rings. The molecule has 4 fully saturated rings. The van der Waals surface area contributed by atoms with E-state index in [-0.39, 0.29) is 70.4 Å². The van der Waals surface area contributed by atoms with Crippen LogP contribution < -0.4 is 10.6 Å². The number of para-hydroxylation sites is 1. The van der Waals surface area contributed by atoms with Crippen molar-refractivity contribution in [2.24, 2.45) is 29.1 Å². The van der Waals surface area contributed by atoms with Crippen LogP contribution >= 0.6 is 11.3 Å².